The van der Waals surface area contributed by atoms with Crippen molar-refractivity contribution in [2.45, 2.75) is 45.5 Å². The lowest BCUT2D eigenvalue weighted by Gasteiger charge is -2.32. The second-order valence-corrected chi connectivity index (χ2v) is 7.22. The number of amides is 1. The Morgan fingerprint density at radius 2 is 2.00 bits per heavy atom. The first-order valence-corrected chi connectivity index (χ1v) is 8.92. The normalized spacial score (nSPS) is 20.6. The fourth-order valence-corrected chi connectivity index (χ4v) is 3.29. The summed E-state index contributed by atoms with van der Waals surface area (Å²) in [5, 5.41) is 4.24. The number of aromatic nitrogens is 3. The van der Waals surface area contributed by atoms with E-state index < -0.39 is 5.92 Å². The van der Waals surface area contributed by atoms with Crippen molar-refractivity contribution in [3.8, 4) is 0 Å². The van der Waals surface area contributed by atoms with Crippen LogP contribution in [-0.2, 0) is 0 Å². The van der Waals surface area contributed by atoms with Crippen LogP contribution >= 0.6 is 0 Å². The van der Waals surface area contributed by atoms with Gasteiger partial charge in [-0.15, -0.1) is 0 Å². The van der Waals surface area contributed by atoms with Crippen molar-refractivity contribution >= 4 is 23.1 Å². The monoisotopic (exact) mass is 361 g/mol. The molecular weight excluding hydrogens is 340 g/mol. The van der Waals surface area contributed by atoms with E-state index >= 15 is 0 Å². The standard InChI is InChI=1S/C18H21F2N5O/c1-11-9-15(24-7-5-18(19,20)6-8-24)23-16-14(10-21-25(11)16)17(26)22-12(2)13-3-4-13/h9-10,13H,3-8H2,1-2H3. The van der Waals surface area contributed by atoms with Gasteiger partial charge in [0, 0.05) is 43.4 Å². The van der Waals surface area contributed by atoms with Crippen molar-refractivity contribution < 1.29 is 13.6 Å². The number of carbonyl (C=O) groups excluding carboxylic acids is 1. The summed E-state index contributed by atoms with van der Waals surface area (Å²) in [5.74, 6) is -1.94. The lowest BCUT2D eigenvalue weighted by atomic mass is 10.1. The molecule has 26 heavy (non-hydrogen) atoms. The molecule has 8 heteroatoms. The van der Waals surface area contributed by atoms with E-state index in [1.54, 1.807) is 4.52 Å². The predicted molar refractivity (Wildman–Crippen MR) is 94.3 cm³/mol. The van der Waals surface area contributed by atoms with Crippen molar-refractivity contribution in [2.75, 3.05) is 18.0 Å². The molecule has 2 fully saturated rings. The number of piperidine rings is 1. The first-order valence-electron chi connectivity index (χ1n) is 8.92. The zero-order valence-electron chi connectivity index (χ0n) is 14.9. The molecule has 1 saturated heterocycles. The zero-order valence-corrected chi connectivity index (χ0v) is 14.9. The van der Waals surface area contributed by atoms with Crippen molar-refractivity contribution in [1.82, 2.24) is 14.6 Å². The van der Waals surface area contributed by atoms with Gasteiger partial charge < -0.3 is 4.90 Å². The van der Waals surface area contributed by atoms with E-state index in [-0.39, 0.29) is 31.8 Å². The largest absolute Gasteiger partial charge is 0.356 e. The lowest BCUT2D eigenvalue weighted by Crippen LogP contribution is -2.39. The van der Waals surface area contributed by atoms with Crippen LogP contribution in [0.3, 0.4) is 0 Å². The molecular formula is C18H21F2N5O. The Balaban J connectivity index is 1.67. The van der Waals surface area contributed by atoms with Gasteiger partial charge in [-0.3, -0.25) is 4.79 Å². The fourth-order valence-electron chi connectivity index (χ4n) is 3.29. The van der Waals surface area contributed by atoms with E-state index in [1.807, 2.05) is 24.8 Å². The molecule has 0 radical (unpaired) electrons. The molecule has 1 aliphatic heterocycles. The molecule has 4 rings (SSSR count). The number of halogens is 2. The van der Waals surface area contributed by atoms with Gasteiger partial charge in [-0.25, -0.2) is 23.3 Å². The Kier molecular flexibility index (Phi) is 4.00. The number of aryl methyl sites for hydroxylation is 1. The molecule has 2 aromatic heterocycles. The SMILES string of the molecule is CC(=NC(=O)c1cnn2c(C)cc(N3CCC(F)(F)CC3)nc12)C1CC1. The quantitative estimate of drug-likeness (QED) is 0.787. The van der Waals surface area contributed by atoms with Gasteiger partial charge in [0.05, 0.1) is 6.20 Å². The molecule has 6 nitrogen and oxygen atoms in total. The topological polar surface area (TPSA) is 62.9 Å². The Morgan fingerprint density at radius 1 is 1.31 bits per heavy atom. The molecule has 0 atom stereocenters. The Hall–Kier alpha value is -2.38. The third kappa shape index (κ3) is 3.20. The van der Waals surface area contributed by atoms with E-state index in [9.17, 15) is 13.6 Å². The maximum absolute atomic E-state index is 13.4. The number of alkyl halides is 2. The van der Waals surface area contributed by atoms with Crippen LogP contribution in [-0.4, -0.2) is 45.2 Å². The van der Waals surface area contributed by atoms with Crippen LogP contribution < -0.4 is 4.90 Å². The average molecular weight is 361 g/mol. The summed E-state index contributed by atoms with van der Waals surface area (Å²) < 4.78 is 28.4. The predicted octanol–water partition coefficient (Wildman–Crippen LogP) is 3.28. The van der Waals surface area contributed by atoms with Gasteiger partial charge in [-0.1, -0.05) is 0 Å². The molecule has 0 spiro atoms. The van der Waals surface area contributed by atoms with E-state index in [4.69, 9.17) is 0 Å². The summed E-state index contributed by atoms with van der Waals surface area (Å²) in [5.41, 5.74) is 2.41. The first kappa shape index (κ1) is 17.1. The van der Waals surface area contributed by atoms with Crippen LogP contribution in [0.15, 0.2) is 17.3 Å². The minimum Gasteiger partial charge on any atom is -0.356 e. The van der Waals surface area contributed by atoms with E-state index in [0.717, 1.165) is 24.2 Å². The van der Waals surface area contributed by atoms with Crippen molar-refractivity contribution in [1.29, 1.82) is 0 Å². The van der Waals surface area contributed by atoms with Crippen molar-refractivity contribution in [3.63, 3.8) is 0 Å². The van der Waals surface area contributed by atoms with Crippen LogP contribution in [0.4, 0.5) is 14.6 Å². The van der Waals surface area contributed by atoms with Gasteiger partial charge in [0.2, 0.25) is 0 Å². The van der Waals surface area contributed by atoms with Crippen LogP contribution in [0.2, 0.25) is 0 Å². The van der Waals surface area contributed by atoms with Gasteiger partial charge >= 0.3 is 0 Å². The molecule has 138 valence electrons. The number of aliphatic imine (C=N–C) groups is 1. The molecule has 3 heterocycles. The molecule has 0 bridgehead atoms. The van der Waals surface area contributed by atoms with Gasteiger partial charge in [0.15, 0.2) is 5.65 Å². The number of nitrogens with zero attached hydrogens (tertiary/aromatic N) is 5. The molecule has 2 aromatic rings. The Bertz CT molecular complexity index is 890. The van der Waals surface area contributed by atoms with Crippen LogP contribution in [0.5, 0.6) is 0 Å². The van der Waals surface area contributed by atoms with Gasteiger partial charge in [0.25, 0.3) is 11.8 Å². The van der Waals surface area contributed by atoms with Gasteiger partial charge in [0.1, 0.15) is 11.4 Å². The molecule has 1 amide bonds. The zero-order chi connectivity index (χ0) is 18.5. The van der Waals surface area contributed by atoms with E-state index in [1.165, 1.54) is 6.20 Å². The third-order valence-electron chi connectivity index (χ3n) is 5.13. The van der Waals surface area contributed by atoms with Gasteiger partial charge in [-0.2, -0.15) is 5.10 Å². The maximum Gasteiger partial charge on any atom is 0.282 e. The number of fused-ring (bicyclic) bond motifs is 1. The summed E-state index contributed by atoms with van der Waals surface area (Å²) in [6, 6.07) is 1.82. The van der Waals surface area contributed by atoms with Crippen LogP contribution in [0.1, 0.15) is 48.7 Å². The van der Waals surface area contributed by atoms with E-state index in [2.05, 4.69) is 15.1 Å². The summed E-state index contributed by atoms with van der Waals surface area (Å²) in [6.45, 7) is 4.22. The smallest absolute Gasteiger partial charge is 0.282 e. The Labute approximate surface area is 149 Å². The molecule has 0 unspecified atom stereocenters. The number of carbonyl (C=O) groups is 1. The maximum atomic E-state index is 13.4. The Morgan fingerprint density at radius 3 is 2.65 bits per heavy atom. The highest BCUT2D eigenvalue weighted by molar-refractivity contribution is 6.07. The van der Waals surface area contributed by atoms with E-state index in [0.29, 0.717) is 22.9 Å². The van der Waals surface area contributed by atoms with Gasteiger partial charge in [-0.05, 0) is 32.6 Å². The fraction of sp³-hybridized carbons (Fsp3) is 0.556. The number of hydrogen-bond donors (Lipinski definition) is 0. The second kappa shape index (κ2) is 6.10. The lowest BCUT2D eigenvalue weighted by molar-refractivity contribution is -0.0221. The molecule has 0 aromatic carbocycles. The number of anilines is 1. The third-order valence-corrected chi connectivity index (χ3v) is 5.13. The highest BCUT2D eigenvalue weighted by Crippen LogP contribution is 2.32. The summed E-state index contributed by atoms with van der Waals surface area (Å²) >= 11 is 0. The summed E-state index contributed by atoms with van der Waals surface area (Å²) in [7, 11) is 0. The average Bonchev–Trinajstić information content (AvgIpc) is 3.34. The highest BCUT2D eigenvalue weighted by atomic mass is 19.3. The molecule has 2 aliphatic rings. The minimum absolute atomic E-state index is 0.186. The summed E-state index contributed by atoms with van der Waals surface area (Å²) in [4.78, 5) is 23.1. The first-order chi connectivity index (χ1) is 12.3. The highest BCUT2D eigenvalue weighted by Gasteiger charge is 2.34. The number of hydrogen-bond acceptors (Lipinski definition) is 4. The molecule has 1 saturated carbocycles. The van der Waals surface area contributed by atoms with Crippen molar-refractivity contribution in [2.24, 2.45) is 10.9 Å². The molecule has 1 aliphatic carbocycles. The molecule has 0 N–H and O–H groups in total. The van der Waals surface area contributed by atoms with Crippen LogP contribution in [0.25, 0.3) is 5.65 Å². The summed E-state index contributed by atoms with van der Waals surface area (Å²) in [6.07, 6.45) is 3.27. The minimum atomic E-state index is -2.61. The van der Waals surface area contributed by atoms with Crippen LogP contribution in [0, 0.1) is 12.8 Å². The second-order valence-electron chi connectivity index (χ2n) is 7.22. The number of rotatable bonds is 3. The van der Waals surface area contributed by atoms with Crippen molar-refractivity contribution in [3.05, 3.63) is 23.5 Å².